The van der Waals surface area contributed by atoms with Gasteiger partial charge in [-0.25, -0.2) is 4.39 Å². The Hall–Kier alpha value is -0.370. The van der Waals surface area contributed by atoms with Crippen LogP contribution in [0, 0.1) is 0 Å². The molecule has 2 heteroatoms. The van der Waals surface area contributed by atoms with E-state index in [1.165, 1.54) is 18.4 Å². The van der Waals surface area contributed by atoms with Crippen LogP contribution >= 0.6 is 0 Å². The van der Waals surface area contributed by atoms with Gasteiger partial charge in [0.2, 0.25) is 0 Å². The monoisotopic (exact) mass is 169 g/mol. The van der Waals surface area contributed by atoms with Crippen LogP contribution < -0.4 is 5.32 Å². The van der Waals surface area contributed by atoms with Crippen molar-refractivity contribution in [1.82, 2.24) is 5.32 Å². The fraction of sp³-hybridized carbons (Fsp3) is 0.800. The molecule has 2 fully saturated rings. The first-order valence-electron chi connectivity index (χ1n) is 4.82. The van der Waals surface area contributed by atoms with Crippen LogP contribution in [0.3, 0.4) is 0 Å². The lowest BCUT2D eigenvalue weighted by Gasteiger charge is -2.28. The Kier molecular flexibility index (Phi) is 2.18. The van der Waals surface area contributed by atoms with Crippen molar-refractivity contribution >= 4 is 0 Å². The molecule has 1 nitrogen and oxygen atoms in total. The van der Waals surface area contributed by atoms with Crippen LogP contribution in [-0.4, -0.2) is 18.3 Å². The summed E-state index contributed by atoms with van der Waals surface area (Å²) in [6.07, 6.45) is 4.21. The third kappa shape index (κ3) is 1.86. The zero-order chi connectivity index (χ0) is 8.55. The largest absolute Gasteiger partial charge is 0.308 e. The molecule has 0 amide bonds. The van der Waals surface area contributed by atoms with E-state index in [1.54, 1.807) is 0 Å². The average molecular weight is 169 g/mol. The summed E-state index contributed by atoms with van der Waals surface area (Å²) >= 11 is 0. The Morgan fingerprint density at radius 2 is 2.08 bits per heavy atom. The van der Waals surface area contributed by atoms with E-state index in [1.807, 2.05) is 0 Å². The molecule has 0 aliphatic heterocycles. The summed E-state index contributed by atoms with van der Waals surface area (Å²) < 4.78 is 13.3. The highest BCUT2D eigenvalue weighted by Gasteiger charge is 2.31. The molecule has 0 spiro atoms. The molecule has 0 bridgehead atoms. The van der Waals surface area contributed by atoms with Crippen molar-refractivity contribution in [3.8, 4) is 0 Å². The van der Waals surface area contributed by atoms with E-state index in [9.17, 15) is 4.39 Å². The lowest BCUT2D eigenvalue weighted by molar-refractivity contribution is 0.212. The summed E-state index contributed by atoms with van der Waals surface area (Å²) in [7, 11) is 0. The van der Waals surface area contributed by atoms with Crippen molar-refractivity contribution < 1.29 is 4.39 Å². The highest BCUT2D eigenvalue weighted by molar-refractivity contribution is 5.06. The molecule has 1 N–H and O–H groups in total. The van der Waals surface area contributed by atoms with Crippen molar-refractivity contribution in [3.63, 3.8) is 0 Å². The van der Waals surface area contributed by atoms with E-state index in [4.69, 9.17) is 0 Å². The molecular formula is C10H16FN. The van der Waals surface area contributed by atoms with Crippen LogP contribution in [0.1, 0.15) is 32.1 Å². The Bertz CT molecular complexity index is 186. The predicted octanol–water partition coefficient (Wildman–Crippen LogP) is 2.19. The van der Waals surface area contributed by atoms with Crippen LogP contribution in [0.25, 0.3) is 0 Å². The molecule has 2 aliphatic carbocycles. The summed E-state index contributed by atoms with van der Waals surface area (Å²) in [5, 5.41) is 3.34. The predicted molar refractivity (Wildman–Crippen MR) is 47.8 cm³/mol. The number of hydrogen-bond acceptors (Lipinski definition) is 1. The van der Waals surface area contributed by atoms with Crippen LogP contribution in [0.15, 0.2) is 12.2 Å². The molecule has 0 radical (unpaired) electrons. The van der Waals surface area contributed by atoms with Crippen molar-refractivity contribution in [3.05, 3.63) is 12.2 Å². The number of hydrogen-bond donors (Lipinski definition) is 1. The second kappa shape index (κ2) is 3.17. The van der Waals surface area contributed by atoms with E-state index in [0.717, 1.165) is 12.8 Å². The van der Waals surface area contributed by atoms with Crippen LogP contribution in [0.4, 0.5) is 4.39 Å². The SMILES string of the molecule is C=C1CCC(F)C(NC2CC2)C1. The number of rotatable bonds is 2. The molecule has 0 heterocycles. The Labute approximate surface area is 73.0 Å². The second-order valence-electron chi connectivity index (χ2n) is 4.06. The summed E-state index contributed by atoms with van der Waals surface area (Å²) in [5.74, 6) is 0. The van der Waals surface area contributed by atoms with Gasteiger partial charge in [-0.15, -0.1) is 0 Å². The standard InChI is InChI=1S/C10H16FN/c1-7-2-5-9(11)10(6-7)12-8-3-4-8/h8-10,12H,1-6H2. The van der Waals surface area contributed by atoms with Gasteiger partial charge in [0.25, 0.3) is 0 Å². The maximum absolute atomic E-state index is 13.3. The minimum absolute atomic E-state index is 0.0683. The maximum Gasteiger partial charge on any atom is 0.116 e. The normalized spacial score (nSPS) is 36.9. The zero-order valence-corrected chi connectivity index (χ0v) is 7.35. The van der Waals surface area contributed by atoms with Crippen LogP contribution in [0.5, 0.6) is 0 Å². The van der Waals surface area contributed by atoms with Gasteiger partial charge in [-0.3, -0.25) is 0 Å². The zero-order valence-electron chi connectivity index (χ0n) is 7.35. The molecule has 0 aromatic rings. The topological polar surface area (TPSA) is 12.0 Å². The van der Waals surface area contributed by atoms with Crippen LogP contribution in [0.2, 0.25) is 0 Å². The molecule has 68 valence electrons. The summed E-state index contributed by atoms with van der Waals surface area (Å²) in [4.78, 5) is 0. The molecule has 2 saturated carbocycles. The van der Waals surface area contributed by atoms with E-state index < -0.39 is 6.17 Å². The lowest BCUT2D eigenvalue weighted by atomic mass is 9.90. The fourth-order valence-electron chi connectivity index (χ4n) is 1.80. The van der Waals surface area contributed by atoms with Gasteiger partial charge >= 0.3 is 0 Å². The van der Waals surface area contributed by atoms with E-state index in [2.05, 4.69) is 11.9 Å². The van der Waals surface area contributed by atoms with Gasteiger partial charge in [0.05, 0.1) is 0 Å². The molecule has 0 saturated heterocycles. The van der Waals surface area contributed by atoms with E-state index in [-0.39, 0.29) is 6.04 Å². The molecule has 2 aliphatic rings. The first-order chi connectivity index (χ1) is 5.75. The van der Waals surface area contributed by atoms with Gasteiger partial charge in [0.1, 0.15) is 6.17 Å². The number of alkyl halides is 1. The molecule has 0 aromatic carbocycles. The Morgan fingerprint density at radius 1 is 1.33 bits per heavy atom. The number of halogens is 1. The second-order valence-corrected chi connectivity index (χ2v) is 4.06. The maximum atomic E-state index is 13.3. The van der Waals surface area contributed by atoms with Gasteiger partial charge in [0, 0.05) is 12.1 Å². The Balaban J connectivity index is 1.86. The average Bonchev–Trinajstić information content (AvgIpc) is 2.81. The van der Waals surface area contributed by atoms with E-state index >= 15 is 0 Å². The molecule has 0 aromatic heterocycles. The van der Waals surface area contributed by atoms with E-state index in [0.29, 0.717) is 12.5 Å². The minimum atomic E-state index is -0.643. The van der Waals surface area contributed by atoms with Crippen molar-refractivity contribution in [1.29, 1.82) is 0 Å². The van der Waals surface area contributed by atoms with Gasteiger partial charge in [-0.2, -0.15) is 0 Å². The molecule has 2 unspecified atom stereocenters. The highest BCUT2D eigenvalue weighted by atomic mass is 19.1. The third-order valence-electron chi connectivity index (χ3n) is 2.75. The first-order valence-corrected chi connectivity index (χ1v) is 4.82. The lowest BCUT2D eigenvalue weighted by Crippen LogP contribution is -2.41. The first kappa shape index (κ1) is 8.24. The third-order valence-corrected chi connectivity index (χ3v) is 2.75. The number of nitrogens with one attached hydrogen (secondary N) is 1. The van der Waals surface area contributed by atoms with Gasteiger partial charge in [-0.1, -0.05) is 12.2 Å². The quantitative estimate of drug-likeness (QED) is 0.625. The van der Waals surface area contributed by atoms with Crippen molar-refractivity contribution in [2.24, 2.45) is 0 Å². The minimum Gasteiger partial charge on any atom is -0.308 e. The molecule has 2 rings (SSSR count). The van der Waals surface area contributed by atoms with Gasteiger partial charge in [0.15, 0.2) is 0 Å². The van der Waals surface area contributed by atoms with Gasteiger partial charge in [-0.05, 0) is 32.1 Å². The molecular weight excluding hydrogens is 153 g/mol. The highest BCUT2D eigenvalue weighted by Crippen LogP contribution is 2.28. The summed E-state index contributed by atoms with van der Waals surface area (Å²) in [6.45, 7) is 3.92. The van der Waals surface area contributed by atoms with Crippen LogP contribution in [-0.2, 0) is 0 Å². The summed E-state index contributed by atoms with van der Waals surface area (Å²) in [6, 6.07) is 0.679. The fourth-order valence-corrected chi connectivity index (χ4v) is 1.80. The molecule has 2 atom stereocenters. The smallest absolute Gasteiger partial charge is 0.116 e. The van der Waals surface area contributed by atoms with Crippen molar-refractivity contribution in [2.75, 3.05) is 0 Å². The van der Waals surface area contributed by atoms with Gasteiger partial charge < -0.3 is 5.32 Å². The molecule has 12 heavy (non-hydrogen) atoms. The van der Waals surface area contributed by atoms with Crippen molar-refractivity contribution in [2.45, 2.75) is 50.4 Å². The Morgan fingerprint density at radius 3 is 2.75 bits per heavy atom. The summed E-state index contributed by atoms with van der Waals surface area (Å²) in [5.41, 5.74) is 1.21.